The molecule has 1 heterocycles. The SMILES string of the molecule is C1=C(c2ccc(OCCN3CCCC3)cc2)c2ccccc2CC1. The first-order chi connectivity index (χ1) is 11.9. The molecule has 0 saturated carbocycles. The molecule has 0 amide bonds. The summed E-state index contributed by atoms with van der Waals surface area (Å²) in [5, 5.41) is 0. The van der Waals surface area contributed by atoms with Crippen LogP contribution >= 0.6 is 0 Å². The summed E-state index contributed by atoms with van der Waals surface area (Å²) in [6, 6.07) is 17.4. The van der Waals surface area contributed by atoms with E-state index in [1.54, 1.807) is 0 Å². The van der Waals surface area contributed by atoms with Crippen LogP contribution in [0.2, 0.25) is 0 Å². The highest BCUT2D eigenvalue weighted by Gasteiger charge is 2.14. The van der Waals surface area contributed by atoms with Gasteiger partial charge in [-0.05, 0) is 73.2 Å². The second kappa shape index (κ2) is 7.23. The molecule has 0 N–H and O–H groups in total. The van der Waals surface area contributed by atoms with Gasteiger partial charge in [0.1, 0.15) is 12.4 Å². The Morgan fingerprint density at radius 3 is 2.54 bits per heavy atom. The van der Waals surface area contributed by atoms with Gasteiger partial charge in [-0.3, -0.25) is 4.90 Å². The van der Waals surface area contributed by atoms with Gasteiger partial charge in [0.2, 0.25) is 0 Å². The smallest absolute Gasteiger partial charge is 0.119 e. The van der Waals surface area contributed by atoms with Crippen molar-refractivity contribution in [3.63, 3.8) is 0 Å². The molecular weight excluding hydrogens is 294 g/mol. The second-order valence-corrected chi connectivity index (χ2v) is 6.74. The Morgan fingerprint density at radius 1 is 0.917 bits per heavy atom. The van der Waals surface area contributed by atoms with Gasteiger partial charge in [-0.15, -0.1) is 0 Å². The first-order valence-corrected chi connectivity index (χ1v) is 9.14. The van der Waals surface area contributed by atoms with Crippen molar-refractivity contribution in [2.24, 2.45) is 0 Å². The van der Waals surface area contributed by atoms with Crippen molar-refractivity contribution in [2.45, 2.75) is 25.7 Å². The highest BCUT2D eigenvalue weighted by Crippen LogP contribution is 2.32. The average Bonchev–Trinajstić information content (AvgIpc) is 3.15. The Kier molecular flexibility index (Phi) is 4.66. The quantitative estimate of drug-likeness (QED) is 0.802. The molecule has 24 heavy (non-hydrogen) atoms. The summed E-state index contributed by atoms with van der Waals surface area (Å²) in [6.07, 6.45) is 7.32. The van der Waals surface area contributed by atoms with Crippen LogP contribution in [0.4, 0.5) is 0 Å². The molecule has 4 rings (SSSR count). The van der Waals surface area contributed by atoms with Crippen LogP contribution in [-0.2, 0) is 6.42 Å². The van der Waals surface area contributed by atoms with E-state index in [4.69, 9.17) is 4.74 Å². The number of rotatable bonds is 5. The number of allylic oxidation sites excluding steroid dienone is 1. The Hall–Kier alpha value is -2.06. The number of fused-ring (bicyclic) bond motifs is 1. The topological polar surface area (TPSA) is 12.5 Å². The summed E-state index contributed by atoms with van der Waals surface area (Å²) >= 11 is 0. The molecule has 0 atom stereocenters. The van der Waals surface area contributed by atoms with Crippen molar-refractivity contribution >= 4 is 5.57 Å². The fraction of sp³-hybridized carbons (Fsp3) is 0.364. The van der Waals surface area contributed by atoms with Crippen LogP contribution in [0.3, 0.4) is 0 Å². The van der Waals surface area contributed by atoms with E-state index in [1.807, 2.05) is 0 Å². The summed E-state index contributed by atoms with van der Waals surface area (Å²) < 4.78 is 5.92. The number of aryl methyl sites for hydroxylation is 1. The summed E-state index contributed by atoms with van der Waals surface area (Å²) in [5.74, 6) is 0.975. The zero-order valence-electron chi connectivity index (χ0n) is 14.2. The molecule has 2 aromatic rings. The third-order valence-corrected chi connectivity index (χ3v) is 5.11. The third kappa shape index (κ3) is 3.39. The number of likely N-dealkylation sites (tertiary alicyclic amines) is 1. The lowest BCUT2D eigenvalue weighted by Gasteiger charge is -2.18. The minimum absolute atomic E-state index is 0.783. The standard InChI is InChI=1S/C22H25NO/c1-2-8-21-18(6-1)7-5-9-22(21)19-10-12-20(13-11-19)24-17-16-23-14-3-4-15-23/h1-2,6,8-13H,3-5,7,14-17H2. The van der Waals surface area contributed by atoms with Crippen LogP contribution in [0.1, 0.15) is 36.0 Å². The van der Waals surface area contributed by atoms with Crippen molar-refractivity contribution in [2.75, 3.05) is 26.2 Å². The Balaban J connectivity index is 1.41. The van der Waals surface area contributed by atoms with Crippen molar-refractivity contribution in [1.29, 1.82) is 0 Å². The van der Waals surface area contributed by atoms with Gasteiger partial charge in [0.25, 0.3) is 0 Å². The van der Waals surface area contributed by atoms with Crippen molar-refractivity contribution in [3.8, 4) is 5.75 Å². The molecule has 0 bridgehead atoms. The van der Waals surface area contributed by atoms with Crippen LogP contribution in [0.15, 0.2) is 54.6 Å². The number of nitrogens with zero attached hydrogens (tertiary/aromatic N) is 1. The van der Waals surface area contributed by atoms with Crippen LogP contribution in [-0.4, -0.2) is 31.1 Å². The zero-order chi connectivity index (χ0) is 16.2. The number of benzene rings is 2. The molecular formula is C22H25NO. The molecule has 124 valence electrons. The maximum atomic E-state index is 5.92. The molecule has 1 saturated heterocycles. The third-order valence-electron chi connectivity index (χ3n) is 5.11. The molecule has 1 aliphatic heterocycles. The van der Waals surface area contributed by atoms with E-state index in [-0.39, 0.29) is 0 Å². The van der Waals surface area contributed by atoms with Gasteiger partial charge in [0, 0.05) is 6.54 Å². The van der Waals surface area contributed by atoms with Crippen LogP contribution < -0.4 is 4.74 Å². The molecule has 2 aromatic carbocycles. The van der Waals surface area contributed by atoms with Crippen LogP contribution in [0, 0.1) is 0 Å². The van der Waals surface area contributed by atoms with Gasteiger partial charge in [0.15, 0.2) is 0 Å². The van der Waals surface area contributed by atoms with E-state index in [1.165, 1.54) is 48.2 Å². The van der Waals surface area contributed by atoms with Crippen molar-refractivity contribution < 1.29 is 4.74 Å². The summed E-state index contributed by atoms with van der Waals surface area (Å²) in [5.41, 5.74) is 5.49. The largest absolute Gasteiger partial charge is 0.492 e. The van der Waals surface area contributed by atoms with Crippen molar-refractivity contribution in [3.05, 3.63) is 71.3 Å². The molecule has 2 heteroatoms. The molecule has 1 fully saturated rings. The maximum absolute atomic E-state index is 5.92. The van der Waals surface area contributed by atoms with Crippen molar-refractivity contribution in [1.82, 2.24) is 4.90 Å². The first kappa shape index (κ1) is 15.5. The number of hydrogen-bond donors (Lipinski definition) is 0. The van der Waals surface area contributed by atoms with E-state index >= 15 is 0 Å². The highest BCUT2D eigenvalue weighted by atomic mass is 16.5. The Labute approximate surface area is 144 Å². The van der Waals surface area contributed by atoms with Gasteiger partial charge >= 0.3 is 0 Å². The van der Waals surface area contributed by atoms with Gasteiger partial charge < -0.3 is 4.74 Å². The first-order valence-electron chi connectivity index (χ1n) is 9.14. The minimum atomic E-state index is 0.783. The molecule has 0 unspecified atom stereocenters. The van der Waals surface area contributed by atoms with Gasteiger partial charge in [-0.1, -0.05) is 42.5 Å². The Bertz CT molecular complexity index is 711. The second-order valence-electron chi connectivity index (χ2n) is 6.74. The lowest BCUT2D eigenvalue weighted by atomic mass is 9.87. The van der Waals surface area contributed by atoms with E-state index in [0.717, 1.165) is 31.7 Å². The average molecular weight is 319 g/mol. The fourth-order valence-electron chi connectivity index (χ4n) is 3.79. The van der Waals surface area contributed by atoms with E-state index in [0.29, 0.717) is 0 Å². The summed E-state index contributed by atoms with van der Waals surface area (Å²) in [6.45, 7) is 4.29. The lowest BCUT2D eigenvalue weighted by molar-refractivity contribution is 0.238. The normalized spacial score (nSPS) is 17.4. The van der Waals surface area contributed by atoms with Gasteiger partial charge in [0.05, 0.1) is 0 Å². The predicted octanol–water partition coefficient (Wildman–Crippen LogP) is 4.54. The monoisotopic (exact) mass is 319 g/mol. The molecule has 0 radical (unpaired) electrons. The molecule has 0 spiro atoms. The summed E-state index contributed by atoms with van der Waals surface area (Å²) in [7, 11) is 0. The number of ether oxygens (including phenoxy) is 1. The van der Waals surface area contributed by atoms with Crippen LogP contribution in [0.25, 0.3) is 5.57 Å². The molecule has 0 aromatic heterocycles. The van der Waals surface area contributed by atoms with E-state index < -0.39 is 0 Å². The van der Waals surface area contributed by atoms with Crippen LogP contribution in [0.5, 0.6) is 5.75 Å². The van der Waals surface area contributed by atoms with Gasteiger partial charge in [-0.25, -0.2) is 0 Å². The lowest BCUT2D eigenvalue weighted by Crippen LogP contribution is -2.25. The maximum Gasteiger partial charge on any atom is 0.119 e. The fourth-order valence-corrected chi connectivity index (χ4v) is 3.79. The summed E-state index contributed by atoms with van der Waals surface area (Å²) in [4.78, 5) is 2.48. The Morgan fingerprint density at radius 2 is 1.71 bits per heavy atom. The van der Waals surface area contributed by atoms with Gasteiger partial charge in [-0.2, -0.15) is 0 Å². The highest BCUT2D eigenvalue weighted by molar-refractivity contribution is 5.82. The van der Waals surface area contributed by atoms with E-state index in [9.17, 15) is 0 Å². The minimum Gasteiger partial charge on any atom is -0.492 e. The zero-order valence-corrected chi connectivity index (χ0v) is 14.2. The predicted molar refractivity (Wildman–Crippen MR) is 99.5 cm³/mol. The molecule has 2 nitrogen and oxygen atoms in total. The molecule has 2 aliphatic rings. The molecule has 1 aliphatic carbocycles. The number of hydrogen-bond acceptors (Lipinski definition) is 2. The van der Waals surface area contributed by atoms with E-state index in [2.05, 4.69) is 59.5 Å².